The highest BCUT2D eigenvalue weighted by atomic mass is 19.1. The molecule has 1 unspecified atom stereocenters. The number of rotatable bonds is 3. The van der Waals surface area contributed by atoms with Crippen molar-refractivity contribution < 1.29 is 9.13 Å². The van der Waals surface area contributed by atoms with Gasteiger partial charge in [-0.2, -0.15) is 0 Å². The minimum atomic E-state index is -0.686. The van der Waals surface area contributed by atoms with Crippen molar-refractivity contribution >= 4 is 6.02 Å². The van der Waals surface area contributed by atoms with Gasteiger partial charge >= 0.3 is 0 Å². The van der Waals surface area contributed by atoms with Crippen LogP contribution in [0.2, 0.25) is 0 Å². The van der Waals surface area contributed by atoms with Gasteiger partial charge in [-0.05, 0) is 40.5 Å². The maximum absolute atomic E-state index is 13.6. The first kappa shape index (κ1) is 15.4. The predicted octanol–water partition coefficient (Wildman–Crippen LogP) is 4.08. The van der Waals surface area contributed by atoms with E-state index in [0.29, 0.717) is 6.61 Å². The van der Waals surface area contributed by atoms with Crippen molar-refractivity contribution in [1.82, 2.24) is 0 Å². The molecule has 0 saturated carbocycles. The van der Waals surface area contributed by atoms with Crippen LogP contribution in [0.1, 0.15) is 11.1 Å². The van der Waals surface area contributed by atoms with Crippen LogP contribution in [-0.2, 0) is 10.3 Å². The molecule has 2 N–H and O–H groups in total. The van der Waals surface area contributed by atoms with Crippen LogP contribution in [0.5, 0.6) is 0 Å². The predicted molar refractivity (Wildman–Crippen MR) is 96.6 cm³/mol. The van der Waals surface area contributed by atoms with E-state index in [1.807, 2.05) is 60.7 Å². The fourth-order valence-electron chi connectivity index (χ4n) is 3.23. The minimum absolute atomic E-state index is 0.181. The zero-order valence-corrected chi connectivity index (χ0v) is 13.5. The maximum atomic E-state index is 13.6. The molecule has 0 bridgehead atoms. The fraction of sp³-hybridized carbons (Fsp3) is 0.0952. The molecule has 4 heteroatoms. The monoisotopic (exact) mass is 332 g/mol. The van der Waals surface area contributed by atoms with Crippen LogP contribution in [0.15, 0.2) is 83.9 Å². The second kappa shape index (κ2) is 6.06. The molecular weight excluding hydrogens is 315 g/mol. The van der Waals surface area contributed by atoms with E-state index in [9.17, 15) is 4.39 Å². The highest BCUT2D eigenvalue weighted by Crippen LogP contribution is 2.38. The van der Waals surface area contributed by atoms with Gasteiger partial charge in [-0.1, -0.05) is 60.7 Å². The van der Waals surface area contributed by atoms with Crippen LogP contribution >= 0.6 is 0 Å². The normalized spacial score (nSPS) is 19.3. The summed E-state index contributed by atoms with van der Waals surface area (Å²) in [5.41, 5.74) is 8.86. The lowest BCUT2D eigenvalue weighted by molar-refractivity contribution is 0.278. The number of benzene rings is 3. The summed E-state index contributed by atoms with van der Waals surface area (Å²) < 4.78 is 19.1. The molecule has 3 aromatic rings. The van der Waals surface area contributed by atoms with Crippen molar-refractivity contribution in [2.75, 3.05) is 6.61 Å². The van der Waals surface area contributed by atoms with Crippen LogP contribution in [0.4, 0.5) is 4.39 Å². The van der Waals surface area contributed by atoms with Gasteiger partial charge in [0.15, 0.2) is 5.54 Å². The highest BCUT2D eigenvalue weighted by Gasteiger charge is 2.40. The lowest BCUT2D eigenvalue weighted by atomic mass is 9.83. The van der Waals surface area contributed by atoms with E-state index in [-0.39, 0.29) is 11.8 Å². The molecule has 0 fully saturated rings. The van der Waals surface area contributed by atoms with Crippen molar-refractivity contribution in [3.05, 3.63) is 95.8 Å². The lowest BCUT2D eigenvalue weighted by Crippen LogP contribution is -2.27. The van der Waals surface area contributed by atoms with Crippen LogP contribution in [-0.4, -0.2) is 12.6 Å². The fourth-order valence-corrected chi connectivity index (χ4v) is 3.23. The molecule has 3 aromatic carbocycles. The summed E-state index contributed by atoms with van der Waals surface area (Å²) in [6.07, 6.45) is 0. The number of amidine groups is 1. The third kappa shape index (κ3) is 2.76. The minimum Gasteiger partial charge on any atom is -0.462 e. The number of halogens is 1. The van der Waals surface area contributed by atoms with Gasteiger partial charge in [0.1, 0.15) is 12.4 Å². The molecule has 1 aliphatic heterocycles. The van der Waals surface area contributed by atoms with Crippen molar-refractivity contribution in [2.24, 2.45) is 10.7 Å². The first-order valence-corrected chi connectivity index (χ1v) is 8.07. The average Bonchev–Trinajstić information content (AvgIpc) is 3.06. The SMILES string of the molecule is NC1=NC(c2ccccc2)(c2cccc(-c3cccc(F)c3)c2)CO1. The van der Waals surface area contributed by atoms with E-state index < -0.39 is 5.54 Å². The van der Waals surface area contributed by atoms with Crippen molar-refractivity contribution in [3.63, 3.8) is 0 Å². The zero-order chi connectivity index (χ0) is 17.3. The Morgan fingerprint density at radius 3 is 2.20 bits per heavy atom. The Labute approximate surface area is 145 Å². The average molecular weight is 332 g/mol. The van der Waals surface area contributed by atoms with Gasteiger partial charge < -0.3 is 10.5 Å². The Kier molecular flexibility index (Phi) is 3.73. The first-order valence-electron chi connectivity index (χ1n) is 8.07. The van der Waals surface area contributed by atoms with Crippen LogP contribution < -0.4 is 5.73 Å². The maximum Gasteiger partial charge on any atom is 0.283 e. The first-order chi connectivity index (χ1) is 12.2. The summed E-state index contributed by atoms with van der Waals surface area (Å²) in [6.45, 7) is 0.343. The van der Waals surface area contributed by atoms with Gasteiger partial charge in [-0.3, -0.25) is 0 Å². The number of nitrogens with zero attached hydrogens (tertiary/aromatic N) is 1. The third-order valence-electron chi connectivity index (χ3n) is 4.48. The van der Waals surface area contributed by atoms with Gasteiger partial charge in [0, 0.05) is 0 Å². The molecule has 3 nitrogen and oxygen atoms in total. The summed E-state index contributed by atoms with van der Waals surface area (Å²) in [5, 5.41) is 0. The van der Waals surface area contributed by atoms with Gasteiger partial charge in [0.25, 0.3) is 6.02 Å². The molecule has 1 aliphatic rings. The lowest BCUT2D eigenvalue weighted by Gasteiger charge is -2.25. The Hall–Kier alpha value is -3.14. The second-order valence-corrected chi connectivity index (χ2v) is 6.06. The molecule has 0 saturated heterocycles. The van der Waals surface area contributed by atoms with Gasteiger partial charge in [0.2, 0.25) is 0 Å². The highest BCUT2D eigenvalue weighted by molar-refractivity contribution is 5.75. The quantitative estimate of drug-likeness (QED) is 0.785. The van der Waals surface area contributed by atoms with E-state index in [2.05, 4.69) is 4.99 Å². The summed E-state index contributed by atoms with van der Waals surface area (Å²) >= 11 is 0. The Morgan fingerprint density at radius 1 is 0.840 bits per heavy atom. The number of hydrogen-bond donors (Lipinski definition) is 1. The molecule has 0 radical (unpaired) electrons. The molecule has 1 heterocycles. The number of nitrogens with two attached hydrogens (primary N) is 1. The molecule has 0 aliphatic carbocycles. The summed E-state index contributed by atoms with van der Waals surface area (Å²) in [7, 11) is 0. The molecule has 0 amide bonds. The van der Waals surface area contributed by atoms with E-state index in [0.717, 1.165) is 22.3 Å². The molecular formula is C21H17FN2O. The smallest absolute Gasteiger partial charge is 0.283 e. The molecule has 1 atom stereocenters. The van der Waals surface area contributed by atoms with E-state index >= 15 is 0 Å². The van der Waals surface area contributed by atoms with Crippen LogP contribution in [0.25, 0.3) is 11.1 Å². The standard InChI is InChI=1S/C21H17FN2O/c22-19-11-5-7-16(13-19)15-6-4-10-18(12-15)21(14-25-20(23)24-21)17-8-2-1-3-9-17/h1-13H,14H2,(H2,23,24). The molecule has 0 spiro atoms. The summed E-state index contributed by atoms with van der Waals surface area (Å²) in [4.78, 5) is 4.61. The second-order valence-electron chi connectivity index (χ2n) is 6.06. The molecule has 0 aromatic heterocycles. The number of aliphatic imine (C=N–C) groups is 1. The summed E-state index contributed by atoms with van der Waals surface area (Å²) in [5.74, 6) is -0.257. The largest absolute Gasteiger partial charge is 0.462 e. The number of hydrogen-bond acceptors (Lipinski definition) is 3. The zero-order valence-electron chi connectivity index (χ0n) is 13.5. The summed E-state index contributed by atoms with van der Waals surface area (Å²) in [6, 6.07) is 24.6. The topological polar surface area (TPSA) is 47.6 Å². The van der Waals surface area contributed by atoms with E-state index in [1.165, 1.54) is 12.1 Å². The van der Waals surface area contributed by atoms with E-state index in [4.69, 9.17) is 10.5 Å². The van der Waals surface area contributed by atoms with Crippen molar-refractivity contribution in [2.45, 2.75) is 5.54 Å². The van der Waals surface area contributed by atoms with Crippen LogP contribution in [0, 0.1) is 5.82 Å². The molecule has 25 heavy (non-hydrogen) atoms. The molecule has 124 valence electrons. The van der Waals surface area contributed by atoms with Crippen LogP contribution in [0.3, 0.4) is 0 Å². The van der Waals surface area contributed by atoms with Crippen molar-refractivity contribution in [1.29, 1.82) is 0 Å². The van der Waals surface area contributed by atoms with E-state index in [1.54, 1.807) is 6.07 Å². The Morgan fingerprint density at radius 2 is 1.52 bits per heavy atom. The van der Waals surface area contributed by atoms with Gasteiger partial charge in [-0.15, -0.1) is 0 Å². The Balaban J connectivity index is 1.86. The Bertz CT molecular complexity index is 939. The number of ether oxygens (including phenoxy) is 1. The molecule has 4 rings (SSSR count). The van der Waals surface area contributed by atoms with Gasteiger partial charge in [-0.25, -0.2) is 9.38 Å². The third-order valence-corrected chi connectivity index (χ3v) is 4.48. The van der Waals surface area contributed by atoms with Gasteiger partial charge in [0.05, 0.1) is 0 Å². The van der Waals surface area contributed by atoms with Crippen molar-refractivity contribution in [3.8, 4) is 11.1 Å².